The molecule has 0 aromatic carbocycles. The van der Waals surface area contributed by atoms with Crippen molar-refractivity contribution in [2.75, 3.05) is 19.6 Å². The van der Waals surface area contributed by atoms with Crippen LogP contribution in [0, 0.1) is 5.92 Å². The van der Waals surface area contributed by atoms with Gasteiger partial charge in [0.1, 0.15) is 0 Å². The molecule has 0 amide bonds. The van der Waals surface area contributed by atoms with Gasteiger partial charge in [-0.25, -0.2) is 0 Å². The molecule has 1 aliphatic heterocycles. The predicted molar refractivity (Wildman–Crippen MR) is 72.2 cm³/mol. The van der Waals surface area contributed by atoms with Crippen LogP contribution in [0.25, 0.3) is 0 Å². The van der Waals surface area contributed by atoms with E-state index < -0.39 is 0 Å². The normalized spacial score (nSPS) is 38.6. The SMILES string of the molecule is CC1CCCC(N2CCNC3(CCCC3)C2)C1. The molecule has 0 radical (unpaired) electrons. The van der Waals surface area contributed by atoms with Crippen LogP contribution in [0.2, 0.25) is 0 Å². The highest BCUT2D eigenvalue weighted by Gasteiger charge is 2.39. The van der Waals surface area contributed by atoms with Crippen LogP contribution in [-0.4, -0.2) is 36.1 Å². The van der Waals surface area contributed by atoms with Crippen molar-refractivity contribution in [3.63, 3.8) is 0 Å². The average Bonchev–Trinajstić information content (AvgIpc) is 2.77. The molecule has 2 aliphatic carbocycles. The molecule has 0 bridgehead atoms. The van der Waals surface area contributed by atoms with Crippen molar-refractivity contribution in [2.45, 2.75) is 69.9 Å². The summed E-state index contributed by atoms with van der Waals surface area (Å²) in [6.45, 7) is 6.30. The molecule has 2 atom stereocenters. The van der Waals surface area contributed by atoms with Gasteiger partial charge in [0.25, 0.3) is 0 Å². The number of nitrogens with zero attached hydrogens (tertiary/aromatic N) is 1. The molecule has 1 N–H and O–H groups in total. The number of nitrogens with one attached hydrogen (secondary N) is 1. The van der Waals surface area contributed by atoms with Crippen LogP contribution in [0.15, 0.2) is 0 Å². The average molecular weight is 236 g/mol. The van der Waals surface area contributed by atoms with Gasteiger partial charge >= 0.3 is 0 Å². The van der Waals surface area contributed by atoms with Gasteiger partial charge in [0.05, 0.1) is 0 Å². The Labute approximate surface area is 106 Å². The van der Waals surface area contributed by atoms with Crippen LogP contribution < -0.4 is 5.32 Å². The van der Waals surface area contributed by atoms with Gasteiger partial charge in [-0.1, -0.05) is 32.6 Å². The molecule has 0 aromatic rings. The lowest BCUT2D eigenvalue weighted by Gasteiger charge is -2.46. The summed E-state index contributed by atoms with van der Waals surface area (Å²) in [6, 6.07) is 0.901. The molecule has 1 heterocycles. The van der Waals surface area contributed by atoms with E-state index >= 15 is 0 Å². The minimum atomic E-state index is 0.513. The zero-order valence-corrected chi connectivity index (χ0v) is 11.4. The minimum Gasteiger partial charge on any atom is -0.309 e. The molecule has 0 aromatic heterocycles. The van der Waals surface area contributed by atoms with Gasteiger partial charge in [0.15, 0.2) is 0 Å². The van der Waals surface area contributed by atoms with E-state index in [9.17, 15) is 0 Å². The molecule has 17 heavy (non-hydrogen) atoms. The fourth-order valence-corrected chi connectivity index (χ4v) is 4.42. The molecule has 1 saturated heterocycles. The van der Waals surface area contributed by atoms with Gasteiger partial charge in [-0.3, -0.25) is 4.90 Å². The number of hydrogen-bond acceptors (Lipinski definition) is 2. The van der Waals surface area contributed by atoms with Crippen molar-refractivity contribution in [2.24, 2.45) is 5.92 Å². The molecule has 3 rings (SSSR count). The molecule has 3 fully saturated rings. The van der Waals surface area contributed by atoms with Crippen molar-refractivity contribution >= 4 is 0 Å². The van der Waals surface area contributed by atoms with E-state index in [1.165, 1.54) is 71.0 Å². The predicted octanol–water partition coefficient (Wildman–Crippen LogP) is 2.78. The highest BCUT2D eigenvalue weighted by molar-refractivity contribution is 4.99. The topological polar surface area (TPSA) is 15.3 Å². The maximum absolute atomic E-state index is 3.83. The summed E-state index contributed by atoms with van der Waals surface area (Å²) >= 11 is 0. The molecule has 2 unspecified atom stereocenters. The van der Waals surface area contributed by atoms with E-state index in [0.717, 1.165) is 12.0 Å². The summed E-state index contributed by atoms with van der Waals surface area (Å²) in [4.78, 5) is 2.83. The summed E-state index contributed by atoms with van der Waals surface area (Å²) in [5, 5.41) is 3.83. The first kappa shape index (κ1) is 12.0. The first-order chi connectivity index (χ1) is 8.27. The standard InChI is InChI=1S/C15H28N2/c1-13-5-4-6-14(11-13)17-10-9-16-15(12-17)7-2-3-8-15/h13-14,16H,2-12H2,1H3. The third kappa shape index (κ3) is 2.53. The molecular weight excluding hydrogens is 208 g/mol. The second kappa shape index (κ2) is 4.89. The molecular formula is C15H28N2. The van der Waals surface area contributed by atoms with Crippen LogP contribution in [0.5, 0.6) is 0 Å². The minimum absolute atomic E-state index is 0.513. The second-order valence-electron chi connectivity index (χ2n) is 6.81. The molecule has 98 valence electrons. The van der Waals surface area contributed by atoms with Crippen molar-refractivity contribution in [1.29, 1.82) is 0 Å². The van der Waals surface area contributed by atoms with Crippen molar-refractivity contribution in [3.05, 3.63) is 0 Å². The van der Waals surface area contributed by atoms with E-state index in [4.69, 9.17) is 0 Å². The lowest BCUT2D eigenvalue weighted by Crippen LogP contribution is -2.61. The van der Waals surface area contributed by atoms with E-state index in [2.05, 4.69) is 17.1 Å². The molecule has 1 spiro atoms. The Morgan fingerprint density at radius 3 is 2.71 bits per heavy atom. The van der Waals surface area contributed by atoms with Gasteiger partial charge in [0, 0.05) is 31.2 Å². The largest absolute Gasteiger partial charge is 0.309 e. The first-order valence-corrected chi connectivity index (χ1v) is 7.77. The van der Waals surface area contributed by atoms with E-state index in [1.54, 1.807) is 0 Å². The van der Waals surface area contributed by atoms with Crippen LogP contribution in [0.4, 0.5) is 0 Å². The highest BCUT2D eigenvalue weighted by Crippen LogP contribution is 2.35. The van der Waals surface area contributed by atoms with Crippen molar-refractivity contribution < 1.29 is 0 Å². The fourth-order valence-electron chi connectivity index (χ4n) is 4.42. The van der Waals surface area contributed by atoms with E-state index in [-0.39, 0.29) is 0 Å². The van der Waals surface area contributed by atoms with Crippen molar-refractivity contribution in [3.8, 4) is 0 Å². The Balaban J connectivity index is 1.62. The molecule has 2 saturated carbocycles. The Bertz CT molecular complexity index is 258. The third-order valence-electron chi connectivity index (χ3n) is 5.39. The summed E-state index contributed by atoms with van der Waals surface area (Å²) in [5.74, 6) is 0.961. The first-order valence-electron chi connectivity index (χ1n) is 7.77. The highest BCUT2D eigenvalue weighted by atomic mass is 15.2. The quantitative estimate of drug-likeness (QED) is 0.753. The lowest BCUT2D eigenvalue weighted by molar-refractivity contribution is 0.0652. The van der Waals surface area contributed by atoms with Gasteiger partial charge in [0.2, 0.25) is 0 Å². The zero-order valence-electron chi connectivity index (χ0n) is 11.4. The van der Waals surface area contributed by atoms with Crippen LogP contribution in [0.1, 0.15) is 58.3 Å². The fraction of sp³-hybridized carbons (Fsp3) is 1.00. The second-order valence-corrected chi connectivity index (χ2v) is 6.81. The maximum Gasteiger partial charge on any atom is 0.0309 e. The number of piperazine rings is 1. The van der Waals surface area contributed by atoms with E-state index in [0.29, 0.717) is 5.54 Å². The van der Waals surface area contributed by atoms with Crippen LogP contribution in [0.3, 0.4) is 0 Å². The Morgan fingerprint density at radius 2 is 1.94 bits per heavy atom. The lowest BCUT2D eigenvalue weighted by atomic mass is 9.84. The Hall–Kier alpha value is -0.0800. The molecule has 2 nitrogen and oxygen atoms in total. The Kier molecular flexibility index (Phi) is 3.45. The van der Waals surface area contributed by atoms with Crippen LogP contribution in [-0.2, 0) is 0 Å². The number of hydrogen-bond donors (Lipinski definition) is 1. The Morgan fingerprint density at radius 1 is 1.12 bits per heavy atom. The summed E-state index contributed by atoms with van der Waals surface area (Å²) < 4.78 is 0. The summed E-state index contributed by atoms with van der Waals surface area (Å²) in [5.41, 5.74) is 0.513. The maximum atomic E-state index is 3.83. The van der Waals surface area contributed by atoms with Gasteiger partial charge in [-0.15, -0.1) is 0 Å². The summed E-state index contributed by atoms with van der Waals surface area (Å²) in [7, 11) is 0. The smallest absolute Gasteiger partial charge is 0.0309 e. The monoisotopic (exact) mass is 236 g/mol. The van der Waals surface area contributed by atoms with Gasteiger partial charge in [-0.2, -0.15) is 0 Å². The van der Waals surface area contributed by atoms with Crippen molar-refractivity contribution in [1.82, 2.24) is 10.2 Å². The van der Waals surface area contributed by atoms with Gasteiger partial charge < -0.3 is 5.32 Å². The number of rotatable bonds is 1. The summed E-state index contributed by atoms with van der Waals surface area (Å²) in [6.07, 6.45) is 11.6. The molecule has 3 aliphatic rings. The van der Waals surface area contributed by atoms with E-state index in [1.807, 2.05) is 0 Å². The zero-order chi connectivity index (χ0) is 11.7. The van der Waals surface area contributed by atoms with Gasteiger partial charge in [-0.05, 0) is 31.6 Å². The third-order valence-corrected chi connectivity index (χ3v) is 5.39. The molecule has 2 heteroatoms. The van der Waals surface area contributed by atoms with Crippen LogP contribution >= 0.6 is 0 Å².